The fourth-order valence-corrected chi connectivity index (χ4v) is 3.24. The Bertz CT molecular complexity index is 623. The number of nitrogens with zero attached hydrogens (tertiary/aromatic N) is 1. The average Bonchev–Trinajstić information content (AvgIpc) is 2.88. The second kappa shape index (κ2) is 4.50. The first-order valence-electron chi connectivity index (χ1n) is 6.25. The van der Waals surface area contributed by atoms with E-state index in [1.54, 1.807) is 0 Å². The summed E-state index contributed by atoms with van der Waals surface area (Å²) in [6, 6.07) is 6.24. The summed E-state index contributed by atoms with van der Waals surface area (Å²) in [4.78, 5) is 16.7. The standard InChI is InChI=1S/C14H14BrNO2/c1-2-18-14(17)9-4-6-12-13(9)10-7-8(15)3-5-11(10)16-12/h3,5,7,9,12H,2,4,6H2,1H3. The molecule has 1 fully saturated rings. The van der Waals surface area contributed by atoms with Crippen molar-refractivity contribution in [3.8, 4) is 0 Å². The number of ether oxygens (including phenoxy) is 1. The maximum Gasteiger partial charge on any atom is 0.313 e. The molecule has 2 atom stereocenters. The highest BCUT2D eigenvalue weighted by molar-refractivity contribution is 9.10. The highest BCUT2D eigenvalue weighted by Gasteiger charge is 2.38. The zero-order chi connectivity index (χ0) is 12.7. The third-order valence-corrected chi connectivity index (χ3v) is 4.09. The van der Waals surface area contributed by atoms with Crippen LogP contribution in [0.15, 0.2) is 27.7 Å². The summed E-state index contributed by atoms with van der Waals surface area (Å²) >= 11 is 3.48. The number of carbonyl (C=O) groups excluding carboxylic acids is 1. The number of benzene rings is 1. The Labute approximate surface area is 114 Å². The van der Waals surface area contributed by atoms with Crippen LogP contribution in [0.2, 0.25) is 0 Å². The zero-order valence-electron chi connectivity index (χ0n) is 10.1. The lowest BCUT2D eigenvalue weighted by molar-refractivity contribution is -0.145. The smallest absolute Gasteiger partial charge is 0.313 e. The third-order valence-electron chi connectivity index (χ3n) is 3.60. The number of carbonyl (C=O) groups is 1. The Morgan fingerprint density at radius 1 is 1.50 bits per heavy atom. The molecule has 3 nitrogen and oxygen atoms in total. The maximum atomic E-state index is 12.0. The van der Waals surface area contributed by atoms with E-state index in [0.29, 0.717) is 6.61 Å². The van der Waals surface area contributed by atoms with Gasteiger partial charge in [-0.25, -0.2) is 0 Å². The highest BCUT2D eigenvalue weighted by atomic mass is 79.9. The van der Waals surface area contributed by atoms with Crippen LogP contribution in [0, 0.1) is 5.92 Å². The Hall–Kier alpha value is -1.16. The monoisotopic (exact) mass is 307 g/mol. The molecule has 2 aliphatic rings. The molecule has 0 amide bonds. The second-order valence-electron chi connectivity index (χ2n) is 4.64. The lowest BCUT2D eigenvalue weighted by Crippen LogP contribution is -2.27. The van der Waals surface area contributed by atoms with Crippen molar-refractivity contribution in [3.05, 3.63) is 33.2 Å². The van der Waals surface area contributed by atoms with Gasteiger partial charge in [0, 0.05) is 9.69 Å². The molecule has 1 aliphatic carbocycles. The van der Waals surface area contributed by atoms with E-state index >= 15 is 0 Å². The number of hydrogen-bond acceptors (Lipinski definition) is 3. The molecule has 18 heavy (non-hydrogen) atoms. The molecule has 0 bridgehead atoms. The highest BCUT2D eigenvalue weighted by Crippen LogP contribution is 2.36. The van der Waals surface area contributed by atoms with E-state index in [1.807, 2.05) is 19.1 Å². The SMILES string of the molecule is CCOC(=O)C1CCC2N=c3ccc(Br)cc3=C21. The van der Waals surface area contributed by atoms with Crippen molar-refractivity contribution in [2.75, 3.05) is 6.61 Å². The fourth-order valence-electron chi connectivity index (χ4n) is 2.88. The minimum Gasteiger partial charge on any atom is -0.466 e. The van der Waals surface area contributed by atoms with E-state index in [1.165, 1.54) is 0 Å². The number of hydrogen-bond donors (Lipinski definition) is 0. The summed E-state index contributed by atoms with van der Waals surface area (Å²) in [7, 11) is 0. The third kappa shape index (κ3) is 1.79. The molecule has 0 spiro atoms. The van der Waals surface area contributed by atoms with Gasteiger partial charge in [0.2, 0.25) is 0 Å². The predicted molar refractivity (Wildman–Crippen MR) is 71.5 cm³/mol. The molecule has 1 aliphatic heterocycles. The molecule has 94 valence electrons. The quantitative estimate of drug-likeness (QED) is 0.778. The van der Waals surface area contributed by atoms with Crippen LogP contribution in [0.3, 0.4) is 0 Å². The van der Waals surface area contributed by atoms with Crippen molar-refractivity contribution in [2.45, 2.75) is 25.8 Å². The number of rotatable bonds is 2. The minimum absolute atomic E-state index is 0.0991. The molecule has 2 unspecified atom stereocenters. The maximum absolute atomic E-state index is 12.0. The largest absolute Gasteiger partial charge is 0.466 e. The van der Waals surface area contributed by atoms with Crippen LogP contribution < -0.4 is 10.6 Å². The van der Waals surface area contributed by atoms with Crippen molar-refractivity contribution in [2.24, 2.45) is 10.9 Å². The molecule has 1 aromatic carbocycles. The Kier molecular flexibility index (Phi) is 2.98. The van der Waals surface area contributed by atoms with E-state index in [4.69, 9.17) is 4.74 Å². The molecule has 3 rings (SSSR count). The van der Waals surface area contributed by atoms with Crippen LogP contribution in [-0.4, -0.2) is 18.6 Å². The summed E-state index contributed by atoms with van der Waals surface area (Å²) in [5, 5.41) is 2.12. The molecule has 0 saturated heterocycles. The van der Waals surface area contributed by atoms with Crippen molar-refractivity contribution >= 4 is 27.5 Å². The van der Waals surface area contributed by atoms with Crippen LogP contribution in [-0.2, 0) is 9.53 Å². The first kappa shape index (κ1) is 11.9. The Balaban J connectivity index is 2.11. The fraction of sp³-hybridized carbons (Fsp3) is 0.429. The summed E-state index contributed by atoms with van der Waals surface area (Å²) in [5.74, 6) is -0.202. The molecule has 1 saturated carbocycles. The number of halogens is 1. The minimum atomic E-state index is -0.103. The zero-order valence-corrected chi connectivity index (χ0v) is 11.7. The van der Waals surface area contributed by atoms with Gasteiger partial charge in [-0.05, 0) is 43.5 Å². The summed E-state index contributed by atoms with van der Waals surface area (Å²) in [6.45, 7) is 2.29. The van der Waals surface area contributed by atoms with Crippen LogP contribution in [0.5, 0.6) is 0 Å². The van der Waals surface area contributed by atoms with E-state index in [9.17, 15) is 4.79 Å². The van der Waals surface area contributed by atoms with Gasteiger partial charge in [-0.1, -0.05) is 15.9 Å². The van der Waals surface area contributed by atoms with Crippen LogP contribution in [0.25, 0.3) is 5.57 Å². The van der Waals surface area contributed by atoms with E-state index in [2.05, 4.69) is 27.0 Å². The van der Waals surface area contributed by atoms with Gasteiger partial charge >= 0.3 is 5.97 Å². The molecule has 1 heterocycles. The molecular formula is C14H14BrNO2. The average molecular weight is 308 g/mol. The van der Waals surface area contributed by atoms with Gasteiger partial charge in [0.05, 0.1) is 23.9 Å². The molecule has 0 aromatic heterocycles. The second-order valence-corrected chi connectivity index (χ2v) is 5.56. The van der Waals surface area contributed by atoms with Gasteiger partial charge < -0.3 is 4.74 Å². The van der Waals surface area contributed by atoms with E-state index in [-0.39, 0.29) is 17.9 Å². The van der Waals surface area contributed by atoms with Gasteiger partial charge in [0.1, 0.15) is 0 Å². The van der Waals surface area contributed by atoms with Gasteiger partial charge in [-0.15, -0.1) is 0 Å². The van der Waals surface area contributed by atoms with Gasteiger partial charge in [-0.3, -0.25) is 9.79 Å². The number of esters is 1. The van der Waals surface area contributed by atoms with E-state index < -0.39 is 0 Å². The first-order valence-corrected chi connectivity index (χ1v) is 7.04. The topological polar surface area (TPSA) is 38.7 Å². The lowest BCUT2D eigenvalue weighted by atomic mass is 10.00. The van der Waals surface area contributed by atoms with Gasteiger partial charge in [-0.2, -0.15) is 0 Å². The van der Waals surface area contributed by atoms with Crippen molar-refractivity contribution < 1.29 is 9.53 Å². The van der Waals surface area contributed by atoms with Crippen molar-refractivity contribution in [1.29, 1.82) is 0 Å². The van der Waals surface area contributed by atoms with Gasteiger partial charge in [0.15, 0.2) is 0 Å². The molecule has 0 N–H and O–H groups in total. The molecule has 1 aromatic rings. The molecule has 4 heteroatoms. The Morgan fingerprint density at radius 3 is 3.11 bits per heavy atom. The van der Waals surface area contributed by atoms with E-state index in [0.717, 1.165) is 33.5 Å². The van der Waals surface area contributed by atoms with Crippen molar-refractivity contribution in [3.63, 3.8) is 0 Å². The van der Waals surface area contributed by atoms with Crippen molar-refractivity contribution in [1.82, 2.24) is 0 Å². The van der Waals surface area contributed by atoms with Crippen LogP contribution in [0.4, 0.5) is 0 Å². The summed E-state index contributed by atoms with van der Waals surface area (Å²) in [5.41, 5.74) is 1.16. The van der Waals surface area contributed by atoms with Crippen LogP contribution in [0.1, 0.15) is 19.8 Å². The lowest BCUT2D eigenvalue weighted by Gasteiger charge is -2.10. The summed E-state index contributed by atoms with van der Waals surface area (Å²) in [6.07, 6.45) is 1.80. The number of fused-ring (bicyclic) bond motifs is 2. The summed E-state index contributed by atoms with van der Waals surface area (Å²) < 4.78 is 6.19. The van der Waals surface area contributed by atoms with Gasteiger partial charge in [0.25, 0.3) is 0 Å². The molecule has 0 radical (unpaired) electrons. The Morgan fingerprint density at radius 2 is 2.33 bits per heavy atom. The van der Waals surface area contributed by atoms with Crippen LogP contribution >= 0.6 is 15.9 Å². The normalized spacial score (nSPS) is 24.4. The molecular weight excluding hydrogens is 294 g/mol. The first-order chi connectivity index (χ1) is 8.70. The predicted octanol–water partition coefficient (Wildman–Crippen LogP) is 1.57.